The summed E-state index contributed by atoms with van der Waals surface area (Å²) in [5.74, 6) is -0.353. The highest BCUT2D eigenvalue weighted by molar-refractivity contribution is 7.80. The predicted octanol–water partition coefficient (Wildman–Crippen LogP) is 0.605. The van der Waals surface area contributed by atoms with Crippen LogP contribution in [-0.4, -0.2) is 37.1 Å². The van der Waals surface area contributed by atoms with Crippen LogP contribution < -0.4 is 5.73 Å². The van der Waals surface area contributed by atoms with Crippen LogP contribution in [0.4, 0.5) is 0 Å². The number of esters is 1. The number of hydrogen-bond acceptors (Lipinski definition) is 5. The highest BCUT2D eigenvalue weighted by Gasteiger charge is 2.38. The van der Waals surface area contributed by atoms with E-state index in [9.17, 15) is 4.79 Å². The van der Waals surface area contributed by atoms with Crippen molar-refractivity contribution in [1.29, 1.82) is 0 Å². The van der Waals surface area contributed by atoms with Crippen molar-refractivity contribution in [2.45, 2.75) is 26.6 Å². The molecule has 2 N–H and O–H groups in total. The van der Waals surface area contributed by atoms with Crippen LogP contribution in [-0.2, 0) is 19.0 Å². The van der Waals surface area contributed by atoms with Crippen LogP contribution in [0, 0.1) is 5.41 Å². The number of carbonyl (C=O) groups is 1. The van der Waals surface area contributed by atoms with Crippen molar-refractivity contribution in [2.24, 2.45) is 11.1 Å². The van der Waals surface area contributed by atoms with Gasteiger partial charge in [-0.3, -0.25) is 4.79 Å². The van der Waals surface area contributed by atoms with Gasteiger partial charge in [0.2, 0.25) is 0 Å². The van der Waals surface area contributed by atoms with Crippen LogP contribution in [0.5, 0.6) is 0 Å². The van der Waals surface area contributed by atoms with Gasteiger partial charge in [-0.15, -0.1) is 0 Å². The fourth-order valence-electron chi connectivity index (χ4n) is 1.40. The Kier molecular flexibility index (Phi) is 4.64. The van der Waals surface area contributed by atoms with E-state index in [0.29, 0.717) is 18.2 Å². The zero-order chi connectivity index (χ0) is 12.2. The van der Waals surface area contributed by atoms with Gasteiger partial charge in [0, 0.05) is 6.92 Å². The molecule has 0 unspecified atom stereocenters. The summed E-state index contributed by atoms with van der Waals surface area (Å²) in [5.41, 5.74) is 5.28. The highest BCUT2D eigenvalue weighted by atomic mass is 32.1. The van der Waals surface area contributed by atoms with Crippen LogP contribution in [0.1, 0.15) is 20.3 Å². The first-order valence-corrected chi connectivity index (χ1v) is 5.57. The van der Waals surface area contributed by atoms with Gasteiger partial charge in [-0.2, -0.15) is 0 Å². The van der Waals surface area contributed by atoms with Crippen LogP contribution >= 0.6 is 12.2 Å². The molecule has 0 saturated carbocycles. The van der Waals surface area contributed by atoms with E-state index in [-0.39, 0.29) is 18.0 Å². The van der Waals surface area contributed by atoms with Crippen LogP contribution in [0.2, 0.25) is 0 Å². The van der Waals surface area contributed by atoms with Crippen molar-refractivity contribution < 1.29 is 19.0 Å². The summed E-state index contributed by atoms with van der Waals surface area (Å²) in [7, 11) is 0. The lowest BCUT2D eigenvalue weighted by Gasteiger charge is -2.38. The molecule has 1 fully saturated rings. The van der Waals surface area contributed by atoms with Gasteiger partial charge in [0.25, 0.3) is 0 Å². The average Bonchev–Trinajstić information content (AvgIpc) is 2.26. The van der Waals surface area contributed by atoms with Crippen molar-refractivity contribution in [3.8, 4) is 0 Å². The zero-order valence-corrected chi connectivity index (χ0v) is 10.3. The van der Waals surface area contributed by atoms with Gasteiger partial charge in [0.1, 0.15) is 6.61 Å². The van der Waals surface area contributed by atoms with Gasteiger partial charge in [0.15, 0.2) is 6.29 Å². The summed E-state index contributed by atoms with van der Waals surface area (Å²) >= 11 is 5.00. The number of hydrogen-bond donors (Lipinski definition) is 1. The Morgan fingerprint density at radius 3 is 2.50 bits per heavy atom. The summed E-state index contributed by atoms with van der Waals surface area (Å²) in [6.07, 6.45) is 0.251. The lowest BCUT2D eigenvalue weighted by molar-refractivity contribution is -0.231. The Bertz CT molecular complexity index is 274. The molecule has 1 aliphatic heterocycles. The monoisotopic (exact) mass is 247 g/mol. The first-order chi connectivity index (χ1) is 7.50. The van der Waals surface area contributed by atoms with E-state index in [0.717, 1.165) is 6.42 Å². The van der Waals surface area contributed by atoms with Crippen LogP contribution in [0.25, 0.3) is 0 Å². The van der Waals surface area contributed by atoms with Crippen LogP contribution in [0.3, 0.4) is 0 Å². The minimum Gasteiger partial charge on any atom is -0.460 e. The van der Waals surface area contributed by atoms with Gasteiger partial charge >= 0.3 is 5.97 Å². The summed E-state index contributed by atoms with van der Waals surface area (Å²) < 4.78 is 15.6. The molecule has 0 amide bonds. The number of ether oxygens (including phenoxy) is 3. The second kappa shape index (κ2) is 5.56. The summed E-state index contributed by atoms with van der Waals surface area (Å²) in [6.45, 7) is 4.24. The molecule has 1 saturated heterocycles. The first kappa shape index (κ1) is 13.3. The number of rotatable bonds is 4. The van der Waals surface area contributed by atoms with E-state index in [1.807, 2.05) is 6.92 Å². The average molecular weight is 247 g/mol. The minimum atomic E-state index is -0.516. The zero-order valence-electron chi connectivity index (χ0n) is 9.52. The topological polar surface area (TPSA) is 70.8 Å². The molecule has 0 bridgehead atoms. The van der Waals surface area contributed by atoms with E-state index in [1.54, 1.807) is 0 Å². The lowest BCUT2D eigenvalue weighted by atomic mass is 9.86. The van der Waals surface area contributed by atoms with Crippen LogP contribution in [0.15, 0.2) is 0 Å². The molecular formula is C10H17NO4S. The van der Waals surface area contributed by atoms with Crippen molar-refractivity contribution >= 4 is 23.2 Å². The SMILES string of the molecule is CCC1(C(N)=S)COC(COC(C)=O)OC1. The molecule has 6 heteroatoms. The summed E-state index contributed by atoms with van der Waals surface area (Å²) in [6, 6.07) is 0. The van der Waals surface area contributed by atoms with Gasteiger partial charge < -0.3 is 19.9 Å². The fourth-order valence-corrected chi connectivity index (χ4v) is 1.66. The molecule has 1 heterocycles. The lowest BCUT2D eigenvalue weighted by Crippen LogP contribution is -2.50. The van der Waals surface area contributed by atoms with Gasteiger partial charge in [-0.05, 0) is 6.42 Å². The Morgan fingerprint density at radius 2 is 2.12 bits per heavy atom. The van der Waals surface area contributed by atoms with Gasteiger partial charge in [-0.25, -0.2) is 0 Å². The number of thiocarbonyl (C=S) groups is 1. The van der Waals surface area contributed by atoms with Gasteiger partial charge in [0.05, 0.1) is 23.6 Å². The summed E-state index contributed by atoms with van der Waals surface area (Å²) in [5, 5.41) is 0. The second-order valence-electron chi connectivity index (χ2n) is 3.85. The standard InChI is InChI=1S/C10H17NO4S/c1-3-10(9(11)16)5-14-8(15-6-10)4-13-7(2)12/h8H,3-6H2,1-2H3,(H2,11,16). The van der Waals surface area contributed by atoms with Gasteiger partial charge in [-0.1, -0.05) is 19.1 Å². The Labute approximate surface area is 100 Å². The minimum absolute atomic E-state index is 0.104. The molecule has 0 aromatic carbocycles. The predicted molar refractivity (Wildman–Crippen MR) is 61.8 cm³/mol. The maximum absolute atomic E-state index is 10.6. The molecule has 1 rings (SSSR count). The number of nitrogens with two attached hydrogens (primary N) is 1. The van der Waals surface area contributed by atoms with Crippen molar-refractivity contribution in [3.63, 3.8) is 0 Å². The van der Waals surface area contributed by atoms with Crippen molar-refractivity contribution in [1.82, 2.24) is 0 Å². The van der Waals surface area contributed by atoms with E-state index in [2.05, 4.69) is 0 Å². The highest BCUT2D eigenvalue weighted by Crippen LogP contribution is 2.28. The molecule has 0 spiro atoms. The van der Waals surface area contributed by atoms with Crippen molar-refractivity contribution in [2.75, 3.05) is 19.8 Å². The normalized spacial score (nSPS) is 29.8. The number of carbonyl (C=O) groups excluding carboxylic acids is 1. The van der Waals surface area contributed by atoms with E-state index < -0.39 is 6.29 Å². The fraction of sp³-hybridized carbons (Fsp3) is 0.800. The Morgan fingerprint density at radius 1 is 1.56 bits per heavy atom. The van der Waals surface area contributed by atoms with Crippen molar-refractivity contribution in [3.05, 3.63) is 0 Å². The van der Waals surface area contributed by atoms with E-state index in [4.69, 9.17) is 32.2 Å². The maximum atomic E-state index is 10.6. The molecular weight excluding hydrogens is 230 g/mol. The second-order valence-corrected chi connectivity index (χ2v) is 4.29. The Hall–Kier alpha value is -0.720. The smallest absolute Gasteiger partial charge is 0.302 e. The molecule has 5 nitrogen and oxygen atoms in total. The molecule has 92 valence electrons. The molecule has 1 aliphatic rings. The third-order valence-corrected chi connectivity index (χ3v) is 3.15. The molecule has 0 aromatic rings. The molecule has 0 radical (unpaired) electrons. The quantitative estimate of drug-likeness (QED) is 0.579. The summed E-state index contributed by atoms with van der Waals surface area (Å²) in [4.78, 5) is 11.0. The van der Waals surface area contributed by atoms with E-state index >= 15 is 0 Å². The molecule has 0 aliphatic carbocycles. The molecule has 0 atom stereocenters. The van der Waals surface area contributed by atoms with E-state index in [1.165, 1.54) is 6.92 Å². The third-order valence-electron chi connectivity index (χ3n) is 2.71. The molecule has 16 heavy (non-hydrogen) atoms. The maximum Gasteiger partial charge on any atom is 0.302 e. The first-order valence-electron chi connectivity index (χ1n) is 5.16. The Balaban J connectivity index is 2.43. The third kappa shape index (κ3) is 3.13. The molecule has 0 aromatic heterocycles. The largest absolute Gasteiger partial charge is 0.460 e.